The third-order valence-corrected chi connectivity index (χ3v) is 2.80. The Hall–Kier alpha value is -2.49. The predicted octanol–water partition coefficient (Wildman–Crippen LogP) is 4.26. The van der Waals surface area contributed by atoms with Crippen molar-refractivity contribution in [2.75, 3.05) is 6.61 Å². The Morgan fingerprint density at radius 3 is 2.76 bits per heavy atom. The first-order valence-electron chi connectivity index (χ1n) is 6.50. The molecule has 0 heterocycles. The molecule has 0 radical (unpaired) electrons. The molecule has 0 aliphatic carbocycles. The molecule has 0 unspecified atom stereocenters. The summed E-state index contributed by atoms with van der Waals surface area (Å²) in [6.45, 7) is 2.35. The molecule has 2 aromatic carbocycles. The topological polar surface area (TPSA) is 26.3 Å². The molecule has 0 atom stereocenters. The van der Waals surface area contributed by atoms with Crippen molar-refractivity contribution in [3.05, 3.63) is 71.3 Å². The minimum absolute atomic E-state index is 0.0318. The van der Waals surface area contributed by atoms with Crippen LogP contribution in [-0.2, 0) is 0 Å². The van der Waals surface area contributed by atoms with Crippen LogP contribution in [0, 0.1) is 11.6 Å². The summed E-state index contributed by atoms with van der Waals surface area (Å²) in [6.07, 6.45) is 2.47. The zero-order chi connectivity index (χ0) is 15.2. The number of hydrogen-bond acceptors (Lipinski definition) is 2. The zero-order valence-electron chi connectivity index (χ0n) is 11.5. The monoisotopic (exact) mass is 288 g/mol. The number of ketones is 1. The summed E-state index contributed by atoms with van der Waals surface area (Å²) >= 11 is 0. The Kier molecular flexibility index (Phi) is 4.82. The molecule has 0 bridgehead atoms. The SMILES string of the molecule is CCOc1cccc(C(=O)C=Cc2cc(F)ccc2F)c1. The molecule has 0 N–H and O–H groups in total. The van der Waals surface area contributed by atoms with Crippen LogP contribution in [0.25, 0.3) is 6.08 Å². The van der Waals surface area contributed by atoms with Gasteiger partial charge in [0.1, 0.15) is 17.4 Å². The zero-order valence-corrected chi connectivity index (χ0v) is 11.5. The summed E-state index contributed by atoms with van der Waals surface area (Å²) in [5, 5.41) is 0. The second-order valence-electron chi connectivity index (χ2n) is 4.32. The van der Waals surface area contributed by atoms with E-state index in [1.807, 2.05) is 6.92 Å². The highest BCUT2D eigenvalue weighted by Gasteiger charge is 2.05. The Morgan fingerprint density at radius 2 is 2.00 bits per heavy atom. The van der Waals surface area contributed by atoms with E-state index in [-0.39, 0.29) is 11.3 Å². The molecule has 0 aliphatic heterocycles. The van der Waals surface area contributed by atoms with Gasteiger partial charge in [-0.1, -0.05) is 12.1 Å². The second-order valence-corrected chi connectivity index (χ2v) is 4.32. The molecule has 0 saturated carbocycles. The molecule has 0 saturated heterocycles. The molecule has 0 aliphatic rings. The third-order valence-electron chi connectivity index (χ3n) is 2.80. The van der Waals surface area contributed by atoms with E-state index in [9.17, 15) is 13.6 Å². The van der Waals surface area contributed by atoms with E-state index in [2.05, 4.69) is 0 Å². The fourth-order valence-corrected chi connectivity index (χ4v) is 1.81. The first-order valence-corrected chi connectivity index (χ1v) is 6.50. The van der Waals surface area contributed by atoms with Gasteiger partial charge >= 0.3 is 0 Å². The van der Waals surface area contributed by atoms with Crippen LogP contribution in [0.5, 0.6) is 5.75 Å². The number of ether oxygens (including phenoxy) is 1. The number of carbonyl (C=O) groups excluding carboxylic acids is 1. The lowest BCUT2D eigenvalue weighted by molar-refractivity contribution is 0.104. The average molecular weight is 288 g/mol. The van der Waals surface area contributed by atoms with Crippen molar-refractivity contribution in [2.24, 2.45) is 0 Å². The van der Waals surface area contributed by atoms with Gasteiger partial charge in [-0.15, -0.1) is 0 Å². The summed E-state index contributed by atoms with van der Waals surface area (Å²) in [5.41, 5.74) is 0.457. The van der Waals surface area contributed by atoms with Gasteiger partial charge in [0.05, 0.1) is 6.61 Å². The van der Waals surface area contributed by atoms with Crippen molar-refractivity contribution in [2.45, 2.75) is 6.92 Å². The van der Waals surface area contributed by atoms with E-state index in [1.54, 1.807) is 24.3 Å². The number of allylic oxidation sites excluding steroid dienone is 1. The van der Waals surface area contributed by atoms with E-state index < -0.39 is 11.6 Å². The molecule has 0 fully saturated rings. The molecular weight excluding hydrogens is 274 g/mol. The van der Waals surface area contributed by atoms with Gasteiger partial charge in [-0.3, -0.25) is 4.79 Å². The van der Waals surface area contributed by atoms with E-state index in [1.165, 1.54) is 12.2 Å². The van der Waals surface area contributed by atoms with E-state index in [0.29, 0.717) is 17.9 Å². The Labute approximate surface area is 121 Å². The fourth-order valence-electron chi connectivity index (χ4n) is 1.81. The minimum Gasteiger partial charge on any atom is -0.494 e. The summed E-state index contributed by atoms with van der Waals surface area (Å²) in [4.78, 5) is 12.0. The van der Waals surface area contributed by atoms with Gasteiger partial charge in [0.2, 0.25) is 0 Å². The molecule has 4 heteroatoms. The molecule has 0 aromatic heterocycles. The molecular formula is C17H14F2O2. The summed E-state index contributed by atoms with van der Waals surface area (Å²) in [5.74, 6) is -0.848. The highest BCUT2D eigenvalue weighted by molar-refractivity contribution is 6.07. The van der Waals surface area contributed by atoms with E-state index >= 15 is 0 Å². The molecule has 2 nitrogen and oxygen atoms in total. The fraction of sp³-hybridized carbons (Fsp3) is 0.118. The van der Waals surface area contributed by atoms with E-state index in [4.69, 9.17) is 4.74 Å². The smallest absolute Gasteiger partial charge is 0.185 e. The molecule has 21 heavy (non-hydrogen) atoms. The standard InChI is InChI=1S/C17H14F2O2/c1-2-21-15-5-3-4-13(11-15)17(20)9-6-12-10-14(18)7-8-16(12)19/h3-11H,2H2,1H3. The normalized spacial score (nSPS) is 10.8. The number of hydrogen-bond donors (Lipinski definition) is 0. The van der Waals surface area contributed by atoms with Crippen LogP contribution in [0.2, 0.25) is 0 Å². The van der Waals surface area contributed by atoms with Crippen LogP contribution in [0.3, 0.4) is 0 Å². The van der Waals surface area contributed by atoms with Crippen molar-refractivity contribution in [3.8, 4) is 5.75 Å². The van der Waals surface area contributed by atoms with Crippen LogP contribution >= 0.6 is 0 Å². The largest absolute Gasteiger partial charge is 0.494 e. The number of rotatable bonds is 5. The van der Waals surface area contributed by atoms with E-state index in [0.717, 1.165) is 18.2 Å². The lowest BCUT2D eigenvalue weighted by Gasteiger charge is -2.03. The summed E-state index contributed by atoms with van der Waals surface area (Å²) in [6, 6.07) is 9.78. The maximum atomic E-state index is 13.4. The third kappa shape index (κ3) is 3.99. The molecule has 108 valence electrons. The van der Waals surface area contributed by atoms with Crippen molar-refractivity contribution < 1.29 is 18.3 Å². The first kappa shape index (κ1) is 14.9. The highest BCUT2D eigenvalue weighted by Crippen LogP contribution is 2.16. The minimum atomic E-state index is -0.580. The second kappa shape index (κ2) is 6.79. The highest BCUT2D eigenvalue weighted by atomic mass is 19.1. The summed E-state index contributed by atoms with van der Waals surface area (Å²) < 4.78 is 31.8. The summed E-state index contributed by atoms with van der Waals surface area (Å²) in [7, 11) is 0. The van der Waals surface area contributed by atoms with Gasteiger partial charge in [0.25, 0.3) is 0 Å². The lowest BCUT2D eigenvalue weighted by Crippen LogP contribution is -1.97. The van der Waals surface area contributed by atoms with Gasteiger partial charge in [0, 0.05) is 11.1 Å². The van der Waals surface area contributed by atoms with Gasteiger partial charge in [-0.2, -0.15) is 0 Å². The molecule has 0 spiro atoms. The van der Waals surface area contributed by atoms with Gasteiger partial charge < -0.3 is 4.74 Å². The van der Waals surface area contributed by atoms with Crippen LogP contribution in [0.4, 0.5) is 8.78 Å². The Bertz CT molecular complexity index is 678. The van der Waals surface area contributed by atoms with Crippen LogP contribution in [-0.4, -0.2) is 12.4 Å². The average Bonchev–Trinajstić information content (AvgIpc) is 2.48. The molecule has 0 amide bonds. The van der Waals surface area contributed by atoms with Crippen LogP contribution < -0.4 is 4.74 Å². The Morgan fingerprint density at radius 1 is 1.19 bits per heavy atom. The number of halogens is 2. The van der Waals surface area contributed by atoms with Gasteiger partial charge in [0.15, 0.2) is 5.78 Å². The van der Waals surface area contributed by atoms with Crippen molar-refractivity contribution >= 4 is 11.9 Å². The lowest BCUT2D eigenvalue weighted by atomic mass is 10.1. The first-order chi connectivity index (χ1) is 10.1. The predicted molar refractivity (Wildman–Crippen MR) is 77.3 cm³/mol. The Balaban J connectivity index is 2.19. The van der Waals surface area contributed by atoms with Crippen LogP contribution in [0.1, 0.15) is 22.8 Å². The van der Waals surface area contributed by atoms with Crippen molar-refractivity contribution in [1.29, 1.82) is 0 Å². The maximum absolute atomic E-state index is 13.4. The van der Waals surface area contributed by atoms with Gasteiger partial charge in [-0.25, -0.2) is 8.78 Å². The van der Waals surface area contributed by atoms with Crippen LogP contribution in [0.15, 0.2) is 48.5 Å². The number of carbonyl (C=O) groups is 1. The molecule has 2 aromatic rings. The number of benzene rings is 2. The quantitative estimate of drug-likeness (QED) is 0.607. The van der Waals surface area contributed by atoms with Gasteiger partial charge in [-0.05, 0) is 49.4 Å². The van der Waals surface area contributed by atoms with Crippen molar-refractivity contribution in [1.82, 2.24) is 0 Å². The van der Waals surface area contributed by atoms with Crippen molar-refractivity contribution in [3.63, 3.8) is 0 Å². The molecule has 2 rings (SSSR count). The maximum Gasteiger partial charge on any atom is 0.185 e.